The van der Waals surface area contributed by atoms with E-state index in [1.54, 1.807) is 12.1 Å². The predicted octanol–water partition coefficient (Wildman–Crippen LogP) is 8.21. The smallest absolute Gasteiger partial charge is 0.427 e. The van der Waals surface area contributed by atoms with Crippen LogP contribution in [0.5, 0.6) is 5.75 Å². The summed E-state index contributed by atoms with van der Waals surface area (Å²) in [6.07, 6.45) is -17.3. The molecule has 35 heavy (non-hydrogen) atoms. The van der Waals surface area contributed by atoms with Crippen molar-refractivity contribution in [2.24, 2.45) is 0 Å². The van der Waals surface area contributed by atoms with Gasteiger partial charge >= 0.3 is 18.5 Å². The van der Waals surface area contributed by atoms with E-state index in [4.69, 9.17) is 4.74 Å². The van der Waals surface area contributed by atoms with Crippen LogP contribution in [-0.4, -0.2) is 6.61 Å². The van der Waals surface area contributed by atoms with Crippen LogP contribution < -0.4 is 4.74 Å². The molecule has 0 radical (unpaired) electrons. The van der Waals surface area contributed by atoms with Gasteiger partial charge in [-0.1, -0.05) is 48.0 Å². The highest BCUT2D eigenvalue weighted by molar-refractivity contribution is 5.64. The molecule has 2 nitrogen and oxygen atoms in total. The van der Waals surface area contributed by atoms with Gasteiger partial charge in [0.1, 0.15) is 11.9 Å². The van der Waals surface area contributed by atoms with Crippen molar-refractivity contribution in [3.8, 4) is 16.9 Å². The minimum atomic E-state index is -5.74. The number of ether oxygens (including phenoxy) is 2. The maximum absolute atomic E-state index is 15.2. The maximum Gasteiger partial charge on any atom is 0.427 e. The Labute approximate surface area is 195 Å². The Morgan fingerprint density at radius 2 is 1.20 bits per heavy atom. The van der Waals surface area contributed by atoms with Crippen LogP contribution >= 0.6 is 0 Å². The fourth-order valence-electron chi connectivity index (χ4n) is 3.95. The highest BCUT2D eigenvalue weighted by atomic mass is 19.4. The van der Waals surface area contributed by atoms with Crippen LogP contribution in [0, 0.1) is 13.8 Å². The summed E-state index contributed by atoms with van der Waals surface area (Å²) >= 11 is 0. The van der Waals surface area contributed by atoms with Crippen LogP contribution in [0.15, 0.2) is 54.6 Å². The van der Waals surface area contributed by atoms with Gasteiger partial charge in [-0.2, -0.15) is 35.1 Å². The number of benzene rings is 3. The Kier molecular flexibility index (Phi) is 6.07. The second kappa shape index (κ2) is 8.51. The molecule has 1 heterocycles. The van der Waals surface area contributed by atoms with Gasteiger partial charge < -0.3 is 9.47 Å². The normalized spacial score (nSPS) is 16.3. The lowest BCUT2D eigenvalue weighted by Crippen LogP contribution is -2.31. The predicted molar refractivity (Wildman–Crippen MR) is 111 cm³/mol. The van der Waals surface area contributed by atoms with Crippen molar-refractivity contribution in [2.45, 2.75) is 38.4 Å². The Bertz CT molecular complexity index is 1220. The lowest BCUT2D eigenvalue weighted by atomic mass is 9.89. The van der Waals surface area contributed by atoms with Crippen LogP contribution in [0.2, 0.25) is 0 Å². The molecular weight excluding hydrogens is 484 g/mol. The van der Waals surface area contributed by atoms with Gasteiger partial charge in [0.15, 0.2) is 0 Å². The minimum Gasteiger partial charge on any atom is -0.429 e. The molecular formula is C25H18F8O2. The van der Waals surface area contributed by atoms with E-state index in [2.05, 4.69) is 4.74 Å². The third kappa shape index (κ3) is 5.12. The third-order valence-electron chi connectivity index (χ3n) is 5.58. The van der Waals surface area contributed by atoms with Crippen LogP contribution in [-0.2, 0) is 23.2 Å². The molecule has 0 aromatic heterocycles. The molecule has 0 bridgehead atoms. The first kappa shape index (κ1) is 25.0. The number of aryl methyl sites for hydroxylation is 2. The first-order valence-corrected chi connectivity index (χ1v) is 10.4. The summed E-state index contributed by atoms with van der Waals surface area (Å²) < 4.78 is 123. The lowest BCUT2D eigenvalue weighted by molar-refractivity contribution is -0.198. The Hall–Kier alpha value is -3.14. The van der Waals surface area contributed by atoms with E-state index in [9.17, 15) is 26.3 Å². The zero-order valence-electron chi connectivity index (χ0n) is 18.3. The summed E-state index contributed by atoms with van der Waals surface area (Å²) in [5.41, 5.74) is -5.69. The van der Waals surface area contributed by atoms with Crippen molar-refractivity contribution in [1.29, 1.82) is 0 Å². The second-order valence-electron chi connectivity index (χ2n) is 8.23. The summed E-state index contributed by atoms with van der Waals surface area (Å²) in [7, 11) is 0. The van der Waals surface area contributed by atoms with E-state index in [1.165, 1.54) is 12.1 Å². The zero-order chi connectivity index (χ0) is 25.8. The van der Waals surface area contributed by atoms with Crippen molar-refractivity contribution in [2.75, 3.05) is 6.61 Å². The molecule has 1 aliphatic heterocycles. The first-order valence-electron chi connectivity index (χ1n) is 10.4. The van der Waals surface area contributed by atoms with E-state index in [-0.39, 0.29) is 6.61 Å². The van der Waals surface area contributed by atoms with Gasteiger partial charge in [-0.05, 0) is 48.2 Å². The van der Waals surface area contributed by atoms with Gasteiger partial charge in [0.2, 0.25) is 0 Å². The fraction of sp³-hybridized carbons (Fsp3) is 0.280. The van der Waals surface area contributed by atoms with Gasteiger partial charge in [-0.25, -0.2) is 0 Å². The number of alkyl halides is 8. The average Bonchev–Trinajstić information content (AvgIpc) is 3.57. The van der Waals surface area contributed by atoms with Crippen molar-refractivity contribution in [1.82, 2.24) is 0 Å². The van der Waals surface area contributed by atoms with Gasteiger partial charge in [-0.3, -0.25) is 0 Å². The number of hydrogen-bond donors (Lipinski definition) is 0. The van der Waals surface area contributed by atoms with Crippen molar-refractivity contribution in [3.63, 3.8) is 0 Å². The molecule has 4 rings (SSSR count). The molecule has 3 aromatic rings. The Balaban J connectivity index is 1.77. The SMILES string of the molecule is Cc1ccc(-c2ccc(OC(F)(F)c3c(C)cc(C4CO4)c(C(F)(F)F)c3C(F)(F)F)cc2)cc1. The summed E-state index contributed by atoms with van der Waals surface area (Å²) in [5.74, 6) is -0.512. The molecule has 1 atom stereocenters. The monoisotopic (exact) mass is 502 g/mol. The molecule has 0 amide bonds. The largest absolute Gasteiger partial charge is 0.429 e. The van der Waals surface area contributed by atoms with Crippen LogP contribution in [0.25, 0.3) is 11.1 Å². The lowest BCUT2D eigenvalue weighted by Gasteiger charge is -2.28. The number of hydrogen-bond acceptors (Lipinski definition) is 2. The molecule has 1 saturated heterocycles. The van der Waals surface area contributed by atoms with Crippen molar-refractivity contribution >= 4 is 0 Å². The number of rotatable bonds is 5. The highest BCUT2D eigenvalue weighted by Gasteiger charge is 2.54. The van der Waals surface area contributed by atoms with Crippen molar-refractivity contribution < 1.29 is 44.6 Å². The second-order valence-corrected chi connectivity index (χ2v) is 8.23. The van der Waals surface area contributed by atoms with Gasteiger partial charge in [0.25, 0.3) is 0 Å². The van der Waals surface area contributed by atoms with E-state index in [0.717, 1.165) is 30.2 Å². The summed E-state index contributed by atoms with van der Waals surface area (Å²) in [4.78, 5) is 0. The summed E-state index contributed by atoms with van der Waals surface area (Å²) in [6, 6.07) is 13.0. The molecule has 0 saturated carbocycles. The van der Waals surface area contributed by atoms with E-state index < -0.39 is 58.1 Å². The topological polar surface area (TPSA) is 21.8 Å². The number of halogens is 8. The average molecular weight is 502 g/mol. The maximum atomic E-state index is 15.2. The Morgan fingerprint density at radius 1 is 0.714 bits per heavy atom. The molecule has 1 fully saturated rings. The van der Waals surface area contributed by atoms with E-state index in [1.807, 2.05) is 19.1 Å². The molecule has 186 valence electrons. The standard InChI is InChI=1S/C25H18F8O2/c1-13-3-5-15(6-4-13)16-7-9-17(10-8-16)35-25(32,33)20-14(2)11-18(19-12-34-19)21(23(26,27)28)22(20)24(29,30)31/h3-11,19H,12H2,1-2H3. The van der Waals surface area contributed by atoms with Gasteiger partial charge in [-0.15, -0.1) is 0 Å². The zero-order valence-corrected chi connectivity index (χ0v) is 18.3. The summed E-state index contributed by atoms with van der Waals surface area (Å²) in [5, 5.41) is 0. The number of epoxide rings is 1. The van der Waals surface area contributed by atoms with Crippen molar-refractivity contribution in [3.05, 3.63) is 88.0 Å². The quantitative estimate of drug-likeness (QED) is 0.259. The molecule has 1 aliphatic rings. The third-order valence-corrected chi connectivity index (χ3v) is 5.58. The van der Waals surface area contributed by atoms with Gasteiger partial charge in [0.05, 0.1) is 23.3 Å². The van der Waals surface area contributed by atoms with Crippen LogP contribution in [0.1, 0.15) is 39.5 Å². The Morgan fingerprint density at radius 3 is 1.66 bits per heavy atom. The van der Waals surface area contributed by atoms with Crippen LogP contribution in [0.4, 0.5) is 35.1 Å². The van der Waals surface area contributed by atoms with Gasteiger partial charge in [0, 0.05) is 0 Å². The fourth-order valence-corrected chi connectivity index (χ4v) is 3.95. The molecule has 0 spiro atoms. The molecule has 0 N–H and O–H groups in total. The first-order chi connectivity index (χ1) is 16.2. The molecule has 0 aliphatic carbocycles. The molecule has 10 heteroatoms. The minimum absolute atomic E-state index is 0.237. The van der Waals surface area contributed by atoms with E-state index >= 15 is 8.78 Å². The highest BCUT2D eigenvalue weighted by Crippen LogP contribution is 2.52. The van der Waals surface area contributed by atoms with Crippen LogP contribution in [0.3, 0.4) is 0 Å². The molecule has 1 unspecified atom stereocenters. The summed E-state index contributed by atoms with van der Waals surface area (Å²) in [6.45, 7) is 2.53. The van der Waals surface area contributed by atoms with E-state index in [0.29, 0.717) is 11.6 Å². The molecule has 3 aromatic carbocycles.